The van der Waals surface area contributed by atoms with E-state index in [2.05, 4.69) is 10.3 Å². The van der Waals surface area contributed by atoms with Crippen molar-refractivity contribution in [2.45, 2.75) is 13.3 Å². The Hall–Kier alpha value is -1.94. The summed E-state index contributed by atoms with van der Waals surface area (Å²) >= 11 is 0. The molecule has 0 amide bonds. The number of benzene rings is 1. The molecule has 1 N–H and O–H groups in total. The van der Waals surface area contributed by atoms with Crippen LogP contribution in [0.1, 0.15) is 27.4 Å². The smallest absolute Gasteiger partial charge is 0.211 e. The van der Waals surface area contributed by atoms with Crippen molar-refractivity contribution >= 4 is 5.78 Å². The van der Waals surface area contributed by atoms with Crippen molar-refractivity contribution in [2.75, 3.05) is 13.6 Å². The monoisotopic (exact) mass is 257 g/mol. The predicted molar refractivity (Wildman–Crippen MR) is 75.5 cm³/mol. The number of aryl methyl sites for hydroxylation is 1. The van der Waals surface area contributed by atoms with E-state index in [-0.39, 0.29) is 5.78 Å². The van der Waals surface area contributed by atoms with Gasteiger partial charge >= 0.3 is 0 Å². The maximum absolute atomic E-state index is 12.6. The van der Waals surface area contributed by atoms with Gasteiger partial charge in [-0.05, 0) is 32.5 Å². The summed E-state index contributed by atoms with van der Waals surface area (Å²) in [5.41, 5.74) is 2.47. The molecule has 19 heavy (non-hydrogen) atoms. The van der Waals surface area contributed by atoms with Crippen LogP contribution in [0.25, 0.3) is 0 Å². The molecular weight excluding hydrogens is 238 g/mol. The highest BCUT2D eigenvalue weighted by atomic mass is 16.1. The van der Waals surface area contributed by atoms with Crippen molar-refractivity contribution in [2.24, 2.45) is 7.05 Å². The fourth-order valence-electron chi connectivity index (χ4n) is 2.07. The number of imidazole rings is 1. The van der Waals surface area contributed by atoms with E-state index in [4.69, 9.17) is 0 Å². The lowest BCUT2D eigenvalue weighted by atomic mass is 9.99. The molecule has 0 aliphatic heterocycles. The van der Waals surface area contributed by atoms with Gasteiger partial charge in [0.1, 0.15) is 11.5 Å². The standard InChI is InChI=1S/C15H19N3O/c1-11-17-10-14(18(11)3)15(19)13-7-5-4-6-12(13)8-9-16-2/h4-7,10,16H,8-9H2,1-3H3. The number of nitrogens with zero attached hydrogens (tertiary/aromatic N) is 2. The van der Waals surface area contributed by atoms with Crippen LogP contribution in [0.15, 0.2) is 30.5 Å². The molecule has 4 heteroatoms. The molecule has 0 aliphatic carbocycles. The van der Waals surface area contributed by atoms with Gasteiger partial charge in [0.25, 0.3) is 0 Å². The van der Waals surface area contributed by atoms with Gasteiger partial charge in [0, 0.05) is 12.6 Å². The number of rotatable bonds is 5. The summed E-state index contributed by atoms with van der Waals surface area (Å²) < 4.78 is 1.83. The molecule has 2 rings (SSSR count). The summed E-state index contributed by atoms with van der Waals surface area (Å²) in [6, 6.07) is 7.76. The zero-order valence-electron chi connectivity index (χ0n) is 11.6. The number of ketones is 1. The second-order valence-electron chi connectivity index (χ2n) is 4.59. The lowest BCUT2D eigenvalue weighted by molar-refractivity contribution is 0.103. The lowest BCUT2D eigenvalue weighted by Crippen LogP contribution is -2.15. The van der Waals surface area contributed by atoms with Gasteiger partial charge in [0.2, 0.25) is 5.78 Å². The summed E-state index contributed by atoms with van der Waals surface area (Å²) in [5, 5.41) is 3.11. The van der Waals surface area contributed by atoms with E-state index in [0.29, 0.717) is 5.69 Å². The molecule has 100 valence electrons. The molecule has 0 unspecified atom stereocenters. The number of hydrogen-bond donors (Lipinski definition) is 1. The van der Waals surface area contributed by atoms with Crippen molar-refractivity contribution < 1.29 is 4.79 Å². The molecule has 0 saturated heterocycles. The topological polar surface area (TPSA) is 46.9 Å². The zero-order chi connectivity index (χ0) is 13.8. The molecule has 1 heterocycles. The summed E-state index contributed by atoms with van der Waals surface area (Å²) in [6.45, 7) is 2.75. The van der Waals surface area contributed by atoms with Crippen LogP contribution in [0.4, 0.5) is 0 Å². The van der Waals surface area contributed by atoms with Crippen molar-refractivity contribution in [3.8, 4) is 0 Å². The van der Waals surface area contributed by atoms with Gasteiger partial charge in [0.05, 0.1) is 6.20 Å². The van der Waals surface area contributed by atoms with E-state index < -0.39 is 0 Å². The van der Waals surface area contributed by atoms with Crippen molar-refractivity contribution in [3.05, 3.63) is 53.1 Å². The Morgan fingerprint density at radius 2 is 2.11 bits per heavy atom. The highest BCUT2D eigenvalue weighted by molar-refractivity contribution is 6.08. The average molecular weight is 257 g/mol. The third-order valence-electron chi connectivity index (χ3n) is 3.36. The first kappa shape index (κ1) is 13.5. The molecule has 2 aromatic rings. The highest BCUT2D eigenvalue weighted by Crippen LogP contribution is 2.15. The molecular formula is C15H19N3O. The summed E-state index contributed by atoms with van der Waals surface area (Å²) in [6.07, 6.45) is 2.49. The van der Waals surface area contributed by atoms with Gasteiger partial charge in [-0.2, -0.15) is 0 Å². The quantitative estimate of drug-likeness (QED) is 0.830. The number of hydrogen-bond acceptors (Lipinski definition) is 3. The van der Waals surface area contributed by atoms with Crippen LogP contribution >= 0.6 is 0 Å². The average Bonchev–Trinajstić information content (AvgIpc) is 2.76. The van der Waals surface area contributed by atoms with Gasteiger partial charge in [-0.25, -0.2) is 4.98 Å². The lowest BCUT2D eigenvalue weighted by Gasteiger charge is -2.09. The Morgan fingerprint density at radius 1 is 1.37 bits per heavy atom. The first-order valence-electron chi connectivity index (χ1n) is 6.40. The predicted octanol–water partition coefficient (Wildman–Crippen LogP) is 1.72. The van der Waals surface area contributed by atoms with E-state index >= 15 is 0 Å². The fraction of sp³-hybridized carbons (Fsp3) is 0.333. The summed E-state index contributed by atoms with van der Waals surface area (Å²) in [7, 11) is 3.78. The SMILES string of the molecule is CNCCc1ccccc1C(=O)c1cnc(C)n1C. The van der Waals surface area contributed by atoms with Crippen molar-refractivity contribution in [1.82, 2.24) is 14.9 Å². The van der Waals surface area contributed by atoms with Crippen LogP contribution in [-0.4, -0.2) is 28.9 Å². The van der Waals surface area contributed by atoms with Crippen molar-refractivity contribution in [1.29, 1.82) is 0 Å². The highest BCUT2D eigenvalue weighted by Gasteiger charge is 2.17. The van der Waals surface area contributed by atoms with Crippen LogP contribution in [0.5, 0.6) is 0 Å². The van der Waals surface area contributed by atoms with Crippen LogP contribution in [-0.2, 0) is 13.5 Å². The first-order chi connectivity index (χ1) is 9.15. The van der Waals surface area contributed by atoms with Crippen molar-refractivity contribution in [3.63, 3.8) is 0 Å². The van der Waals surface area contributed by atoms with E-state index in [0.717, 1.165) is 29.9 Å². The van der Waals surface area contributed by atoms with E-state index in [1.54, 1.807) is 6.20 Å². The molecule has 0 fully saturated rings. The summed E-state index contributed by atoms with van der Waals surface area (Å²) in [5.74, 6) is 0.880. The molecule has 0 radical (unpaired) electrons. The molecule has 0 aliphatic rings. The number of carbonyl (C=O) groups excluding carboxylic acids is 1. The van der Waals surface area contributed by atoms with Crippen LogP contribution < -0.4 is 5.32 Å². The minimum absolute atomic E-state index is 0.0369. The molecule has 1 aromatic carbocycles. The van der Waals surface area contributed by atoms with Gasteiger partial charge in [-0.3, -0.25) is 4.79 Å². The van der Waals surface area contributed by atoms with E-state index in [1.165, 1.54) is 0 Å². The second-order valence-corrected chi connectivity index (χ2v) is 4.59. The number of aromatic nitrogens is 2. The second kappa shape index (κ2) is 5.80. The van der Waals surface area contributed by atoms with Gasteiger partial charge in [-0.1, -0.05) is 24.3 Å². The number of nitrogens with one attached hydrogen (secondary N) is 1. The normalized spacial score (nSPS) is 10.7. The molecule has 0 atom stereocenters. The Bertz CT molecular complexity index is 587. The Labute approximate surface area is 113 Å². The molecule has 4 nitrogen and oxygen atoms in total. The van der Waals surface area contributed by atoms with E-state index in [9.17, 15) is 4.79 Å². The number of likely N-dealkylation sites (N-methyl/N-ethyl adjacent to an activating group) is 1. The van der Waals surface area contributed by atoms with Crippen LogP contribution in [0.2, 0.25) is 0 Å². The Morgan fingerprint density at radius 3 is 2.74 bits per heavy atom. The minimum Gasteiger partial charge on any atom is -0.329 e. The first-order valence-corrected chi connectivity index (χ1v) is 6.40. The Kier molecular flexibility index (Phi) is 4.12. The maximum Gasteiger partial charge on any atom is 0.211 e. The largest absolute Gasteiger partial charge is 0.329 e. The van der Waals surface area contributed by atoms with Crippen LogP contribution in [0, 0.1) is 6.92 Å². The zero-order valence-corrected chi connectivity index (χ0v) is 11.6. The molecule has 0 saturated carbocycles. The third kappa shape index (κ3) is 2.74. The van der Waals surface area contributed by atoms with E-state index in [1.807, 2.05) is 49.9 Å². The molecule has 1 aromatic heterocycles. The van der Waals surface area contributed by atoms with Gasteiger partial charge < -0.3 is 9.88 Å². The number of carbonyl (C=O) groups is 1. The minimum atomic E-state index is 0.0369. The Balaban J connectivity index is 2.36. The fourth-order valence-corrected chi connectivity index (χ4v) is 2.07. The van der Waals surface area contributed by atoms with Gasteiger partial charge in [-0.15, -0.1) is 0 Å². The summed E-state index contributed by atoms with van der Waals surface area (Å²) in [4.78, 5) is 16.8. The van der Waals surface area contributed by atoms with Crippen LogP contribution in [0.3, 0.4) is 0 Å². The molecule has 0 bridgehead atoms. The molecule has 0 spiro atoms. The van der Waals surface area contributed by atoms with Gasteiger partial charge in [0.15, 0.2) is 0 Å². The third-order valence-corrected chi connectivity index (χ3v) is 3.36. The maximum atomic E-state index is 12.6.